The molecule has 1 aliphatic heterocycles. The van der Waals surface area contributed by atoms with Crippen LogP contribution in [0.3, 0.4) is 0 Å². The first-order valence-corrected chi connectivity index (χ1v) is 5.45. The molecule has 0 bridgehead atoms. The van der Waals surface area contributed by atoms with Gasteiger partial charge in [0.25, 0.3) is 5.89 Å². The van der Waals surface area contributed by atoms with Gasteiger partial charge in [-0.25, -0.2) is 0 Å². The summed E-state index contributed by atoms with van der Waals surface area (Å²) in [6, 6.07) is 0. The zero-order valence-electron chi connectivity index (χ0n) is 9.43. The lowest BCUT2D eigenvalue weighted by Gasteiger charge is -2.12. The van der Waals surface area contributed by atoms with Crippen molar-refractivity contribution >= 4 is 0 Å². The summed E-state index contributed by atoms with van der Waals surface area (Å²) >= 11 is 0. The highest BCUT2D eigenvalue weighted by atomic mass is 16.5. The number of aromatic nitrogens is 2. The van der Waals surface area contributed by atoms with Crippen LogP contribution in [0.25, 0.3) is 0 Å². The van der Waals surface area contributed by atoms with E-state index in [-0.39, 0.29) is 6.61 Å². The summed E-state index contributed by atoms with van der Waals surface area (Å²) in [5.41, 5.74) is 0. The zero-order chi connectivity index (χ0) is 11.4. The molecule has 0 spiro atoms. The van der Waals surface area contributed by atoms with E-state index in [0.717, 1.165) is 19.5 Å². The predicted molar refractivity (Wildman–Crippen MR) is 55.5 cm³/mol. The molecule has 0 aromatic carbocycles. The summed E-state index contributed by atoms with van der Waals surface area (Å²) in [6.45, 7) is 3.19. The van der Waals surface area contributed by atoms with E-state index in [9.17, 15) is 0 Å². The molecule has 1 atom stereocenters. The van der Waals surface area contributed by atoms with E-state index in [1.165, 1.54) is 0 Å². The Balaban J connectivity index is 1.84. The lowest BCUT2D eigenvalue weighted by molar-refractivity contribution is 0.151. The van der Waals surface area contributed by atoms with Crippen molar-refractivity contribution in [3.63, 3.8) is 0 Å². The van der Waals surface area contributed by atoms with Crippen LogP contribution in [0, 0.1) is 5.92 Å². The minimum atomic E-state index is 0.262. The topological polar surface area (TPSA) is 71.6 Å². The summed E-state index contributed by atoms with van der Waals surface area (Å²) in [5, 5.41) is 12.9. The van der Waals surface area contributed by atoms with Crippen molar-refractivity contribution in [3.05, 3.63) is 11.7 Å². The summed E-state index contributed by atoms with van der Waals surface area (Å²) in [6.07, 6.45) is 1.04. The van der Waals surface area contributed by atoms with Crippen molar-refractivity contribution < 1.29 is 14.4 Å². The number of aliphatic hydroxyl groups excluding tert-OH is 1. The molecule has 0 amide bonds. The van der Waals surface area contributed by atoms with E-state index in [1.54, 1.807) is 7.11 Å². The Morgan fingerprint density at radius 1 is 1.62 bits per heavy atom. The highest BCUT2D eigenvalue weighted by molar-refractivity contribution is 4.87. The monoisotopic (exact) mass is 227 g/mol. The van der Waals surface area contributed by atoms with Gasteiger partial charge in [-0.1, -0.05) is 5.16 Å². The van der Waals surface area contributed by atoms with Crippen LogP contribution in [-0.2, 0) is 17.9 Å². The summed E-state index contributed by atoms with van der Waals surface area (Å²) in [5.74, 6) is 1.59. The van der Waals surface area contributed by atoms with Gasteiger partial charge in [-0.3, -0.25) is 4.90 Å². The molecule has 0 aliphatic carbocycles. The number of nitrogens with zero attached hydrogens (tertiary/aromatic N) is 3. The van der Waals surface area contributed by atoms with Crippen LogP contribution in [0.2, 0.25) is 0 Å². The van der Waals surface area contributed by atoms with Gasteiger partial charge >= 0.3 is 0 Å². The maximum Gasteiger partial charge on any atom is 0.252 e. The fourth-order valence-corrected chi connectivity index (χ4v) is 1.94. The van der Waals surface area contributed by atoms with Gasteiger partial charge in [0, 0.05) is 20.3 Å². The average Bonchev–Trinajstić information content (AvgIpc) is 2.89. The number of rotatable bonds is 5. The molecule has 1 saturated heterocycles. The molecule has 1 aromatic heterocycles. The van der Waals surface area contributed by atoms with E-state index < -0.39 is 0 Å². The van der Waals surface area contributed by atoms with Gasteiger partial charge in [-0.05, 0) is 18.9 Å². The maximum absolute atomic E-state index is 9.03. The second-order valence-corrected chi connectivity index (χ2v) is 4.11. The largest absolute Gasteiger partial charge is 0.396 e. The van der Waals surface area contributed by atoms with Gasteiger partial charge < -0.3 is 14.4 Å². The van der Waals surface area contributed by atoms with Crippen molar-refractivity contribution in [2.75, 3.05) is 26.8 Å². The lowest BCUT2D eigenvalue weighted by Crippen LogP contribution is -2.21. The normalized spacial score (nSPS) is 21.8. The Morgan fingerprint density at radius 3 is 3.19 bits per heavy atom. The van der Waals surface area contributed by atoms with Crippen LogP contribution in [-0.4, -0.2) is 47.0 Å². The van der Waals surface area contributed by atoms with Gasteiger partial charge in [-0.2, -0.15) is 4.98 Å². The Labute approximate surface area is 94.2 Å². The second kappa shape index (κ2) is 5.38. The zero-order valence-corrected chi connectivity index (χ0v) is 9.43. The number of methoxy groups -OCH3 is 1. The van der Waals surface area contributed by atoms with E-state index in [4.69, 9.17) is 14.4 Å². The molecule has 6 heteroatoms. The molecule has 90 valence electrons. The van der Waals surface area contributed by atoms with Crippen molar-refractivity contribution in [3.8, 4) is 0 Å². The lowest BCUT2D eigenvalue weighted by atomic mass is 10.1. The Kier molecular flexibility index (Phi) is 3.87. The van der Waals surface area contributed by atoms with Gasteiger partial charge in [0.15, 0.2) is 5.82 Å². The van der Waals surface area contributed by atoms with Gasteiger partial charge in [0.2, 0.25) is 0 Å². The third-order valence-corrected chi connectivity index (χ3v) is 2.77. The van der Waals surface area contributed by atoms with Crippen LogP contribution in [0.5, 0.6) is 0 Å². The predicted octanol–water partition coefficient (Wildman–Crippen LogP) is 0.0302. The molecular weight excluding hydrogens is 210 g/mol. The van der Waals surface area contributed by atoms with Crippen molar-refractivity contribution in [2.45, 2.75) is 19.6 Å². The highest BCUT2D eigenvalue weighted by Crippen LogP contribution is 2.17. The Hall–Kier alpha value is -0.980. The highest BCUT2D eigenvalue weighted by Gasteiger charge is 2.22. The molecule has 0 saturated carbocycles. The van der Waals surface area contributed by atoms with Crippen LogP contribution >= 0.6 is 0 Å². The third-order valence-electron chi connectivity index (χ3n) is 2.77. The third kappa shape index (κ3) is 2.78. The van der Waals surface area contributed by atoms with Crippen LogP contribution < -0.4 is 0 Å². The van der Waals surface area contributed by atoms with Crippen molar-refractivity contribution in [1.82, 2.24) is 15.0 Å². The molecule has 1 aliphatic rings. The van der Waals surface area contributed by atoms with Gasteiger partial charge in [0.05, 0.1) is 6.54 Å². The second-order valence-electron chi connectivity index (χ2n) is 4.11. The molecule has 16 heavy (non-hydrogen) atoms. The molecular formula is C10H17N3O3. The molecule has 1 fully saturated rings. The number of hydrogen-bond donors (Lipinski definition) is 1. The molecule has 2 heterocycles. The summed E-state index contributed by atoms with van der Waals surface area (Å²) in [4.78, 5) is 6.43. The van der Waals surface area contributed by atoms with Crippen LogP contribution in [0.1, 0.15) is 18.1 Å². The molecule has 1 unspecified atom stereocenters. The average molecular weight is 227 g/mol. The Bertz CT molecular complexity index is 329. The van der Waals surface area contributed by atoms with Crippen LogP contribution in [0.15, 0.2) is 4.52 Å². The molecule has 1 aromatic rings. The fraction of sp³-hybridized carbons (Fsp3) is 0.800. The smallest absolute Gasteiger partial charge is 0.252 e. The summed E-state index contributed by atoms with van der Waals surface area (Å²) in [7, 11) is 1.59. The standard InChI is InChI=1S/C10H17N3O3/c1-15-7-10-11-9(12-16-10)5-13-3-2-8(4-13)6-14/h8,14H,2-7H2,1H3. The first-order valence-electron chi connectivity index (χ1n) is 5.45. The fourth-order valence-electron chi connectivity index (χ4n) is 1.94. The quantitative estimate of drug-likeness (QED) is 0.765. The number of aliphatic hydroxyl groups is 1. The molecule has 0 radical (unpaired) electrons. The first-order chi connectivity index (χ1) is 7.81. The van der Waals surface area contributed by atoms with E-state index in [1.807, 2.05) is 0 Å². The number of likely N-dealkylation sites (tertiary alicyclic amines) is 1. The molecule has 6 nitrogen and oxygen atoms in total. The van der Waals surface area contributed by atoms with Crippen LogP contribution in [0.4, 0.5) is 0 Å². The van der Waals surface area contributed by atoms with E-state index >= 15 is 0 Å². The Morgan fingerprint density at radius 2 is 2.50 bits per heavy atom. The first kappa shape index (κ1) is 11.5. The number of ether oxygens (including phenoxy) is 1. The molecule has 2 rings (SSSR count). The molecule has 1 N–H and O–H groups in total. The minimum absolute atomic E-state index is 0.262. The summed E-state index contributed by atoms with van der Waals surface area (Å²) < 4.78 is 9.91. The van der Waals surface area contributed by atoms with Gasteiger partial charge in [-0.15, -0.1) is 0 Å². The number of hydrogen-bond acceptors (Lipinski definition) is 6. The SMILES string of the molecule is COCc1nc(CN2CCC(CO)C2)no1. The van der Waals surface area contributed by atoms with E-state index in [2.05, 4.69) is 15.0 Å². The van der Waals surface area contributed by atoms with Gasteiger partial charge in [0.1, 0.15) is 6.61 Å². The van der Waals surface area contributed by atoms with E-state index in [0.29, 0.717) is 30.8 Å². The van der Waals surface area contributed by atoms with Crippen molar-refractivity contribution in [2.24, 2.45) is 5.92 Å². The van der Waals surface area contributed by atoms with Crippen molar-refractivity contribution in [1.29, 1.82) is 0 Å². The minimum Gasteiger partial charge on any atom is -0.396 e. The maximum atomic E-state index is 9.03.